The summed E-state index contributed by atoms with van der Waals surface area (Å²) in [5, 5.41) is 0. The number of benzene rings is 1. The minimum absolute atomic E-state index is 0.352. The number of aryl methyl sites for hydroxylation is 1. The van der Waals surface area contributed by atoms with Crippen molar-refractivity contribution in [2.45, 2.75) is 24.2 Å². The Hall–Kier alpha value is -0.940. The van der Waals surface area contributed by atoms with Crippen molar-refractivity contribution in [1.29, 1.82) is 0 Å². The molecule has 0 amide bonds. The number of thiocarbonyl (C=S) groups is 1. The molecule has 1 aromatic carbocycles. The summed E-state index contributed by atoms with van der Waals surface area (Å²) < 4.78 is 22.4. The van der Waals surface area contributed by atoms with Crippen molar-refractivity contribution in [3.8, 4) is 0 Å². The van der Waals surface area contributed by atoms with Crippen molar-refractivity contribution >= 4 is 27.0 Å². The summed E-state index contributed by atoms with van der Waals surface area (Å²) in [6.45, 7) is 0. The zero-order valence-electron chi connectivity index (χ0n) is 9.14. The Labute approximate surface area is 102 Å². The van der Waals surface area contributed by atoms with E-state index < -0.39 is 9.84 Å². The second-order valence-corrected chi connectivity index (χ2v) is 6.28. The molecule has 3 nitrogen and oxygen atoms in total. The summed E-state index contributed by atoms with van der Waals surface area (Å²) in [4.78, 5) is 0.873. The van der Waals surface area contributed by atoms with Crippen LogP contribution >= 0.6 is 12.2 Å². The number of sulfone groups is 1. The van der Waals surface area contributed by atoms with Gasteiger partial charge in [0.2, 0.25) is 0 Å². The molecular formula is C11H15NO2S2. The Bertz CT molecular complexity index is 463. The van der Waals surface area contributed by atoms with Crippen LogP contribution in [0, 0.1) is 0 Å². The van der Waals surface area contributed by atoms with Gasteiger partial charge in [0, 0.05) is 6.26 Å². The van der Waals surface area contributed by atoms with Gasteiger partial charge < -0.3 is 5.73 Å². The Morgan fingerprint density at radius 3 is 2.31 bits per heavy atom. The summed E-state index contributed by atoms with van der Waals surface area (Å²) in [7, 11) is -3.09. The number of hydrogen-bond donors (Lipinski definition) is 1. The maximum atomic E-state index is 11.2. The van der Waals surface area contributed by atoms with Crippen molar-refractivity contribution in [2.24, 2.45) is 5.73 Å². The molecule has 0 atom stereocenters. The molecule has 0 aromatic heterocycles. The molecule has 0 fully saturated rings. The quantitative estimate of drug-likeness (QED) is 0.816. The van der Waals surface area contributed by atoms with E-state index in [-0.39, 0.29) is 0 Å². The SMILES string of the molecule is CS(=O)(=O)c1ccc(CCCC(N)=S)cc1. The van der Waals surface area contributed by atoms with E-state index in [1.165, 1.54) is 6.26 Å². The van der Waals surface area contributed by atoms with Crippen LogP contribution in [0.3, 0.4) is 0 Å². The minimum atomic E-state index is -3.09. The van der Waals surface area contributed by atoms with Crippen molar-refractivity contribution in [3.63, 3.8) is 0 Å². The predicted molar refractivity (Wildman–Crippen MR) is 69.3 cm³/mol. The number of hydrogen-bond acceptors (Lipinski definition) is 3. The van der Waals surface area contributed by atoms with Crippen LogP contribution in [0.4, 0.5) is 0 Å². The molecular weight excluding hydrogens is 242 g/mol. The standard InChI is InChI=1S/C11H15NO2S2/c1-16(13,14)10-7-5-9(6-8-10)3-2-4-11(12)15/h5-8H,2-4H2,1H3,(H2,12,15). The van der Waals surface area contributed by atoms with E-state index in [0.29, 0.717) is 9.88 Å². The molecule has 0 saturated heterocycles. The lowest BCUT2D eigenvalue weighted by Crippen LogP contribution is -2.07. The monoisotopic (exact) mass is 257 g/mol. The molecule has 1 rings (SSSR count). The van der Waals surface area contributed by atoms with E-state index >= 15 is 0 Å². The van der Waals surface area contributed by atoms with Gasteiger partial charge in [-0.25, -0.2) is 8.42 Å². The van der Waals surface area contributed by atoms with Gasteiger partial charge in [-0.1, -0.05) is 24.4 Å². The first-order valence-corrected chi connectivity index (χ1v) is 7.27. The summed E-state index contributed by atoms with van der Waals surface area (Å²) in [5.41, 5.74) is 6.49. The molecule has 0 aliphatic rings. The van der Waals surface area contributed by atoms with Gasteiger partial charge in [-0.3, -0.25) is 0 Å². The molecule has 5 heteroatoms. The molecule has 0 heterocycles. The first-order valence-electron chi connectivity index (χ1n) is 4.97. The molecule has 0 saturated carbocycles. The maximum absolute atomic E-state index is 11.2. The third-order valence-electron chi connectivity index (χ3n) is 2.24. The first-order chi connectivity index (χ1) is 7.39. The third-order valence-corrected chi connectivity index (χ3v) is 3.57. The first kappa shape index (κ1) is 13.1. The van der Waals surface area contributed by atoms with Gasteiger partial charge in [0.15, 0.2) is 9.84 Å². The van der Waals surface area contributed by atoms with E-state index in [4.69, 9.17) is 18.0 Å². The maximum Gasteiger partial charge on any atom is 0.175 e. The molecule has 0 aliphatic heterocycles. The van der Waals surface area contributed by atoms with Crippen molar-refractivity contribution in [1.82, 2.24) is 0 Å². The highest BCUT2D eigenvalue weighted by atomic mass is 32.2. The fraction of sp³-hybridized carbons (Fsp3) is 0.364. The fourth-order valence-electron chi connectivity index (χ4n) is 1.37. The lowest BCUT2D eigenvalue weighted by atomic mass is 10.1. The van der Waals surface area contributed by atoms with Crippen molar-refractivity contribution < 1.29 is 8.42 Å². The lowest BCUT2D eigenvalue weighted by molar-refractivity contribution is 0.602. The highest BCUT2D eigenvalue weighted by molar-refractivity contribution is 7.90. The van der Waals surface area contributed by atoms with Gasteiger partial charge in [-0.05, 0) is 37.0 Å². The van der Waals surface area contributed by atoms with Crippen LogP contribution in [0.15, 0.2) is 29.2 Å². The summed E-state index contributed by atoms with van der Waals surface area (Å²) in [6, 6.07) is 6.92. The van der Waals surface area contributed by atoms with Crippen molar-refractivity contribution in [2.75, 3.05) is 6.26 Å². The fourth-order valence-corrected chi connectivity index (χ4v) is 2.14. The van der Waals surface area contributed by atoms with E-state index in [1.54, 1.807) is 12.1 Å². The van der Waals surface area contributed by atoms with Gasteiger partial charge in [0.25, 0.3) is 0 Å². The van der Waals surface area contributed by atoms with Crippen LogP contribution in [0.5, 0.6) is 0 Å². The lowest BCUT2D eigenvalue weighted by Gasteiger charge is -2.02. The van der Waals surface area contributed by atoms with Gasteiger partial charge >= 0.3 is 0 Å². The van der Waals surface area contributed by atoms with Crippen molar-refractivity contribution in [3.05, 3.63) is 29.8 Å². The van der Waals surface area contributed by atoms with Crippen LogP contribution in [0.2, 0.25) is 0 Å². The van der Waals surface area contributed by atoms with Crippen LogP contribution < -0.4 is 5.73 Å². The third kappa shape index (κ3) is 4.28. The summed E-state index contributed by atoms with van der Waals surface area (Å²) in [5.74, 6) is 0. The van der Waals surface area contributed by atoms with Gasteiger partial charge in [-0.2, -0.15) is 0 Å². The zero-order valence-corrected chi connectivity index (χ0v) is 10.8. The smallest absolute Gasteiger partial charge is 0.175 e. The Morgan fingerprint density at radius 1 is 1.31 bits per heavy atom. The normalized spacial score (nSPS) is 11.3. The summed E-state index contributed by atoms with van der Waals surface area (Å²) >= 11 is 4.78. The van der Waals surface area contributed by atoms with Crippen LogP contribution in [-0.2, 0) is 16.3 Å². The number of nitrogens with two attached hydrogens (primary N) is 1. The largest absolute Gasteiger partial charge is 0.393 e. The molecule has 88 valence electrons. The molecule has 0 aliphatic carbocycles. The zero-order chi connectivity index (χ0) is 12.2. The minimum Gasteiger partial charge on any atom is -0.393 e. The molecule has 0 bridgehead atoms. The molecule has 0 radical (unpaired) electrons. The van der Waals surface area contributed by atoms with Crippen LogP contribution in [0.1, 0.15) is 18.4 Å². The molecule has 0 spiro atoms. The van der Waals surface area contributed by atoms with Crippen LogP contribution in [0.25, 0.3) is 0 Å². The molecule has 0 unspecified atom stereocenters. The highest BCUT2D eigenvalue weighted by Crippen LogP contribution is 2.12. The average molecular weight is 257 g/mol. The molecule has 16 heavy (non-hydrogen) atoms. The second kappa shape index (κ2) is 5.41. The predicted octanol–water partition coefficient (Wildman–Crippen LogP) is 1.70. The Morgan fingerprint density at radius 2 is 1.88 bits per heavy atom. The Kier molecular flexibility index (Phi) is 4.44. The van der Waals surface area contributed by atoms with E-state index in [9.17, 15) is 8.42 Å². The van der Waals surface area contributed by atoms with Gasteiger partial charge in [0.1, 0.15) is 0 Å². The highest BCUT2D eigenvalue weighted by Gasteiger charge is 2.05. The van der Waals surface area contributed by atoms with E-state index in [0.717, 1.165) is 24.8 Å². The molecule has 2 N–H and O–H groups in total. The second-order valence-electron chi connectivity index (χ2n) is 3.74. The van der Waals surface area contributed by atoms with E-state index in [1.807, 2.05) is 12.1 Å². The average Bonchev–Trinajstić information content (AvgIpc) is 2.16. The van der Waals surface area contributed by atoms with E-state index in [2.05, 4.69) is 0 Å². The van der Waals surface area contributed by atoms with Gasteiger partial charge in [-0.15, -0.1) is 0 Å². The topological polar surface area (TPSA) is 60.2 Å². The summed E-state index contributed by atoms with van der Waals surface area (Å²) in [6.07, 6.45) is 3.69. The Balaban J connectivity index is 2.62. The van der Waals surface area contributed by atoms with Gasteiger partial charge in [0.05, 0.1) is 9.88 Å². The molecule has 1 aromatic rings. The van der Waals surface area contributed by atoms with Crippen LogP contribution in [-0.4, -0.2) is 19.7 Å². The number of rotatable bonds is 5.